The molecule has 0 radical (unpaired) electrons. The van der Waals surface area contributed by atoms with Gasteiger partial charge in [0, 0.05) is 18.8 Å². The number of unbranched alkanes of at least 4 members (excludes halogenated alkanes) is 5. The van der Waals surface area contributed by atoms with E-state index in [2.05, 4.69) is 23.8 Å². The fourth-order valence-corrected chi connectivity index (χ4v) is 4.48. The number of ketones is 1. The van der Waals surface area contributed by atoms with E-state index in [9.17, 15) is 14.7 Å². The summed E-state index contributed by atoms with van der Waals surface area (Å²) in [5.41, 5.74) is 2.22. The van der Waals surface area contributed by atoms with Gasteiger partial charge in [-0.25, -0.2) is 0 Å². The normalized spacial score (nSPS) is 20.0. The first-order valence-electron chi connectivity index (χ1n) is 11.4. The molecule has 4 nitrogen and oxygen atoms in total. The summed E-state index contributed by atoms with van der Waals surface area (Å²) in [5.74, 6) is 0.683. The van der Waals surface area contributed by atoms with Gasteiger partial charge in [0.15, 0.2) is 0 Å². The summed E-state index contributed by atoms with van der Waals surface area (Å²) in [6, 6.07) is 8.31. The number of aliphatic hydroxyl groups is 1. The van der Waals surface area contributed by atoms with Crippen molar-refractivity contribution in [3.05, 3.63) is 35.4 Å². The topological polar surface area (TPSA) is 63.6 Å². The summed E-state index contributed by atoms with van der Waals surface area (Å²) in [6.07, 6.45) is 10.8. The molecule has 1 aliphatic rings. The van der Waals surface area contributed by atoms with Gasteiger partial charge in [0.05, 0.1) is 13.2 Å². The molecule has 0 unspecified atom stereocenters. The lowest BCUT2D eigenvalue weighted by atomic mass is 9.84. The number of esters is 1. The van der Waals surface area contributed by atoms with Gasteiger partial charge in [-0.3, -0.25) is 9.59 Å². The molecule has 0 saturated heterocycles. The molecule has 1 aliphatic carbocycles. The van der Waals surface area contributed by atoms with Gasteiger partial charge in [-0.1, -0.05) is 69.7 Å². The fraction of sp³-hybridized carbons (Fsp3) is 0.680. The van der Waals surface area contributed by atoms with Crippen molar-refractivity contribution in [2.45, 2.75) is 96.0 Å². The van der Waals surface area contributed by atoms with Crippen LogP contribution in [0.3, 0.4) is 0 Å². The maximum absolute atomic E-state index is 12.4. The molecule has 2 rings (SSSR count). The van der Waals surface area contributed by atoms with Crippen LogP contribution in [0.5, 0.6) is 0 Å². The second-order valence-corrected chi connectivity index (χ2v) is 8.43. The first kappa shape index (κ1) is 23.6. The van der Waals surface area contributed by atoms with Gasteiger partial charge in [-0.15, -0.1) is 0 Å². The molecule has 0 heterocycles. The lowest BCUT2D eigenvalue weighted by molar-refractivity contribution is -0.140. The van der Waals surface area contributed by atoms with Crippen LogP contribution in [0.15, 0.2) is 24.3 Å². The number of benzene rings is 1. The third kappa shape index (κ3) is 7.58. The average molecular weight is 403 g/mol. The van der Waals surface area contributed by atoms with E-state index in [0.29, 0.717) is 24.5 Å². The van der Waals surface area contributed by atoms with E-state index >= 15 is 0 Å². The lowest BCUT2D eigenvalue weighted by Gasteiger charge is -2.20. The van der Waals surface area contributed by atoms with Gasteiger partial charge < -0.3 is 9.84 Å². The Kier molecular flexibility index (Phi) is 10.4. The van der Waals surface area contributed by atoms with E-state index in [1.54, 1.807) is 0 Å². The number of carbonyl (C=O) groups is 2. The van der Waals surface area contributed by atoms with Crippen molar-refractivity contribution < 1.29 is 19.4 Å². The molecule has 1 fully saturated rings. The van der Waals surface area contributed by atoms with E-state index in [0.717, 1.165) is 69.8 Å². The van der Waals surface area contributed by atoms with Crippen molar-refractivity contribution in [1.82, 2.24) is 0 Å². The minimum atomic E-state index is -0.387. The number of aliphatic hydroxyl groups excluding tert-OH is 1. The molecule has 0 aromatic heterocycles. The summed E-state index contributed by atoms with van der Waals surface area (Å²) >= 11 is 0. The van der Waals surface area contributed by atoms with Gasteiger partial charge in [0.2, 0.25) is 0 Å². The SMILES string of the molecule is CCCCC[C@@H](O)c1ccc([C@@H]2CCC(=O)[C@@H]2CCCCCCC(=O)OC)cc1. The monoisotopic (exact) mass is 402 g/mol. The minimum Gasteiger partial charge on any atom is -0.469 e. The van der Waals surface area contributed by atoms with Gasteiger partial charge in [-0.05, 0) is 42.7 Å². The Labute approximate surface area is 176 Å². The van der Waals surface area contributed by atoms with Crippen LogP contribution >= 0.6 is 0 Å². The van der Waals surface area contributed by atoms with Crippen LogP contribution in [0.1, 0.15) is 107 Å². The predicted molar refractivity (Wildman–Crippen MR) is 116 cm³/mol. The van der Waals surface area contributed by atoms with E-state index < -0.39 is 0 Å². The highest BCUT2D eigenvalue weighted by Crippen LogP contribution is 2.40. The molecule has 1 N–H and O–H groups in total. The van der Waals surface area contributed by atoms with Crippen molar-refractivity contribution >= 4 is 11.8 Å². The Morgan fingerprint density at radius 2 is 1.83 bits per heavy atom. The highest BCUT2D eigenvalue weighted by Gasteiger charge is 2.34. The van der Waals surface area contributed by atoms with Crippen LogP contribution < -0.4 is 0 Å². The van der Waals surface area contributed by atoms with E-state index in [4.69, 9.17) is 0 Å². The van der Waals surface area contributed by atoms with Crippen molar-refractivity contribution in [2.24, 2.45) is 5.92 Å². The summed E-state index contributed by atoms with van der Waals surface area (Å²) in [7, 11) is 1.42. The smallest absolute Gasteiger partial charge is 0.305 e. The van der Waals surface area contributed by atoms with Crippen LogP contribution in [0.4, 0.5) is 0 Å². The maximum atomic E-state index is 12.4. The number of methoxy groups -OCH3 is 1. The summed E-state index contributed by atoms with van der Waals surface area (Å²) in [4.78, 5) is 23.6. The first-order chi connectivity index (χ1) is 14.1. The Morgan fingerprint density at radius 1 is 1.10 bits per heavy atom. The van der Waals surface area contributed by atoms with Crippen molar-refractivity contribution in [3.63, 3.8) is 0 Å². The summed E-state index contributed by atoms with van der Waals surface area (Å²) in [5, 5.41) is 10.4. The molecule has 0 amide bonds. The van der Waals surface area contributed by atoms with Crippen molar-refractivity contribution in [2.75, 3.05) is 7.11 Å². The predicted octanol–water partition coefficient (Wildman–Crippen LogP) is 5.88. The minimum absolute atomic E-state index is 0.121. The van der Waals surface area contributed by atoms with Crippen LogP contribution in [0.2, 0.25) is 0 Å². The zero-order chi connectivity index (χ0) is 21.1. The zero-order valence-electron chi connectivity index (χ0n) is 18.2. The van der Waals surface area contributed by atoms with Crippen LogP contribution in [0.25, 0.3) is 0 Å². The van der Waals surface area contributed by atoms with Gasteiger partial charge in [-0.2, -0.15) is 0 Å². The molecular weight excluding hydrogens is 364 g/mol. The van der Waals surface area contributed by atoms with Crippen molar-refractivity contribution in [1.29, 1.82) is 0 Å². The zero-order valence-corrected chi connectivity index (χ0v) is 18.2. The number of ether oxygens (including phenoxy) is 1. The standard InChI is InChI=1S/C25H38O4/c1-3-4-7-11-23(26)20-15-13-19(14-16-20)21-17-18-24(27)22(21)10-8-5-6-9-12-25(28)29-2/h13-16,21-23,26H,3-12,17-18H2,1-2H3/t21-,22+,23+/m0/s1. The molecule has 0 aliphatic heterocycles. The quantitative estimate of drug-likeness (QED) is 0.331. The number of carbonyl (C=O) groups excluding carboxylic acids is 2. The second kappa shape index (κ2) is 12.8. The highest BCUT2D eigenvalue weighted by molar-refractivity contribution is 5.84. The van der Waals surface area contributed by atoms with Crippen molar-refractivity contribution in [3.8, 4) is 0 Å². The third-order valence-electron chi connectivity index (χ3n) is 6.31. The number of hydrogen-bond donors (Lipinski definition) is 1. The lowest BCUT2D eigenvalue weighted by Crippen LogP contribution is -2.13. The number of Topliss-reactive ketones (excluding diaryl/α,β-unsaturated/α-hetero) is 1. The molecule has 4 heteroatoms. The summed E-state index contributed by atoms with van der Waals surface area (Å²) in [6.45, 7) is 2.17. The molecule has 1 aromatic rings. The van der Waals surface area contributed by atoms with Crippen LogP contribution in [-0.4, -0.2) is 24.0 Å². The van der Waals surface area contributed by atoms with E-state index in [1.807, 2.05) is 12.1 Å². The largest absolute Gasteiger partial charge is 0.469 e. The first-order valence-corrected chi connectivity index (χ1v) is 11.4. The number of rotatable bonds is 13. The molecule has 162 valence electrons. The van der Waals surface area contributed by atoms with Gasteiger partial charge in [0.1, 0.15) is 5.78 Å². The molecule has 3 atom stereocenters. The molecule has 0 bridgehead atoms. The second-order valence-electron chi connectivity index (χ2n) is 8.43. The van der Waals surface area contributed by atoms with Gasteiger partial charge in [0.25, 0.3) is 0 Å². The van der Waals surface area contributed by atoms with E-state index in [-0.39, 0.29) is 18.0 Å². The van der Waals surface area contributed by atoms with Crippen LogP contribution in [0, 0.1) is 5.92 Å². The highest BCUT2D eigenvalue weighted by atomic mass is 16.5. The Balaban J connectivity index is 1.82. The molecule has 29 heavy (non-hydrogen) atoms. The molecule has 1 aromatic carbocycles. The average Bonchev–Trinajstić information content (AvgIpc) is 3.10. The van der Waals surface area contributed by atoms with Gasteiger partial charge >= 0.3 is 5.97 Å². The Bertz CT molecular complexity index is 622. The fourth-order valence-electron chi connectivity index (χ4n) is 4.48. The third-order valence-corrected chi connectivity index (χ3v) is 6.31. The Hall–Kier alpha value is -1.68. The Morgan fingerprint density at radius 3 is 2.52 bits per heavy atom. The molecular formula is C25H38O4. The summed E-state index contributed by atoms with van der Waals surface area (Å²) < 4.78 is 4.66. The molecule has 0 spiro atoms. The number of hydrogen-bond acceptors (Lipinski definition) is 4. The maximum Gasteiger partial charge on any atom is 0.305 e. The molecule has 1 saturated carbocycles. The van der Waals surface area contributed by atoms with E-state index in [1.165, 1.54) is 12.7 Å². The van der Waals surface area contributed by atoms with Crippen LogP contribution in [-0.2, 0) is 14.3 Å².